The van der Waals surface area contributed by atoms with Gasteiger partial charge in [-0.05, 0) is 54.8 Å². The number of pyridine rings is 1. The lowest BCUT2D eigenvalue weighted by Gasteiger charge is -1.96. The van der Waals surface area contributed by atoms with Crippen molar-refractivity contribution in [3.63, 3.8) is 0 Å². The fourth-order valence-electron chi connectivity index (χ4n) is 1.91. The summed E-state index contributed by atoms with van der Waals surface area (Å²) < 4.78 is 1.24. The van der Waals surface area contributed by atoms with Gasteiger partial charge >= 0.3 is 0 Å². The standard InChI is InChI=1S/C16H14N2S/c1-11-8-14-15(9-12(11)2)19-16(18-14)6-5-13-4-3-7-17-10-13/h3-10H,1-2H3/b6-5+. The molecule has 2 aromatic heterocycles. The Kier molecular flexibility index (Phi) is 3.13. The Morgan fingerprint density at radius 1 is 1.11 bits per heavy atom. The van der Waals surface area contributed by atoms with Crippen molar-refractivity contribution in [2.24, 2.45) is 0 Å². The smallest absolute Gasteiger partial charge is 0.117 e. The van der Waals surface area contributed by atoms with Crippen molar-refractivity contribution in [2.45, 2.75) is 13.8 Å². The quantitative estimate of drug-likeness (QED) is 0.683. The third-order valence-electron chi connectivity index (χ3n) is 3.12. The highest BCUT2D eigenvalue weighted by Gasteiger charge is 2.03. The first kappa shape index (κ1) is 12.1. The van der Waals surface area contributed by atoms with Crippen molar-refractivity contribution in [1.82, 2.24) is 9.97 Å². The Hall–Kier alpha value is -2.00. The van der Waals surface area contributed by atoms with E-state index in [1.165, 1.54) is 15.8 Å². The molecule has 3 aromatic rings. The van der Waals surface area contributed by atoms with Crippen LogP contribution < -0.4 is 0 Å². The van der Waals surface area contributed by atoms with Gasteiger partial charge < -0.3 is 0 Å². The summed E-state index contributed by atoms with van der Waals surface area (Å²) in [5.41, 5.74) is 4.78. The van der Waals surface area contributed by atoms with Crippen LogP contribution in [0, 0.1) is 13.8 Å². The second kappa shape index (κ2) is 4.94. The lowest BCUT2D eigenvalue weighted by atomic mass is 10.1. The van der Waals surface area contributed by atoms with Crippen LogP contribution in [0.2, 0.25) is 0 Å². The van der Waals surface area contributed by atoms with Crippen LogP contribution in [0.25, 0.3) is 22.4 Å². The SMILES string of the molecule is Cc1cc2nc(/C=C/c3cccnc3)sc2cc1C. The van der Waals surface area contributed by atoms with Crippen molar-refractivity contribution in [1.29, 1.82) is 0 Å². The zero-order chi connectivity index (χ0) is 13.2. The van der Waals surface area contributed by atoms with Gasteiger partial charge in [-0.3, -0.25) is 4.98 Å². The first-order chi connectivity index (χ1) is 9.22. The van der Waals surface area contributed by atoms with E-state index in [1.54, 1.807) is 17.5 Å². The highest BCUT2D eigenvalue weighted by atomic mass is 32.1. The van der Waals surface area contributed by atoms with Gasteiger partial charge in [-0.25, -0.2) is 4.98 Å². The van der Waals surface area contributed by atoms with Gasteiger partial charge in [0.15, 0.2) is 0 Å². The maximum absolute atomic E-state index is 4.64. The summed E-state index contributed by atoms with van der Waals surface area (Å²) in [5.74, 6) is 0. The lowest BCUT2D eigenvalue weighted by Crippen LogP contribution is -1.79. The van der Waals surface area contributed by atoms with Crippen LogP contribution >= 0.6 is 11.3 Å². The predicted octanol–water partition coefficient (Wildman–Crippen LogP) is 4.48. The highest BCUT2D eigenvalue weighted by Crippen LogP contribution is 2.26. The number of rotatable bonds is 2. The normalized spacial score (nSPS) is 11.5. The van der Waals surface area contributed by atoms with Crippen LogP contribution in [-0.2, 0) is 0 Å². The molecule has 0 saturated heterocycles. The van der Waals surface area contributed by atoms with E-state index in [2.05, 4.69) is 35.9 Å². The number of hydrogen-bond donors (Lipinski definition) is 0. The molecule has 0 aliphatic carbocycles. The number of benzene rings is 1. The zero-order valence-electron chi connectivity index (χ0n) is 10.9. The van der Waals surface area contributed by atoms with Crippen LogP contribution in [0.4, 0.5) is 0 Å². The maximum atomic E-state index is 4.64. The van der Waals surface area contributed by atoms with E-state index in [-0.39, 0.29) is 0 Å². The summed E-state index contributed by atoms with van der Waals surface area (Å²) >= 11 is 1.72. The van der Waals surface area contributed by atoms with Crippen molar-refractivity contribution in [3.8, 4) is 0 Å². The van der Waals surface area contributed by atoms with Crippen LogP contribution in [-0.4, -0.2) is 9.97 Å². The molecule has 2 heterocycles. The summed E-state index contributed by atoms with van der Waals surface area (Å²) in [6.07, 6.45) is 7.72. The average molecular weight is 266 g/mol. The maximum Gasteiger partial charge on any atom is 0.117 e. The van der Waals surface area contributed by atoms with Gasteiger partial charge in [-0.1, -0.05) is 12.1 Å². The number of aromatic nitrogens is 2. The molecule has 19 heavy (non-hydrogen) atoms. The summed E-state index contributed by atoms with van der Waals surface area (Å²) in [7, 11) is 0. The second-order valence-electron chi connectivity index (χ2n) is 4.58. The molecule has 0 unspecified atom stereocenters. The molecule has 0 fully saturated rings. The molecule has 0 N–H and O–H groups in total. The molecular formula is C16H14N2S. The monoisotopic (exact) mass is 266 g/mol. The van der Waals surface area contributed by atoms with E-state index in [1.807, 2.05) is 30.5 Å². The molecule has 0 aliphatic rings. The van der Waals surface area contributed by atoms with E-state index < -0.39 is 0 Å². The van der Waals surface area contributed by atoms with Gasteiger partial charge in [0.2, 0.25) is 0 Å². The first-order valence-corrected chi connectivity index (χ1v) is 7.00. The number of nitrogens with zero attached hydrogens (tertiary/aromatic N) is 2. The number of hydrogen-bond acceptors (Lipinski definition) is 3. The fourth-order valence-corrected chi connectivity index (χ4v) is 2.86. The largest absolute Gasteiger partial charge is 0.264 e. The summed E-state index contributed by atoms with van der Waals surface area (Å²) in [6.45, 7) is 4.26. The third kappa shape index (κ3) is 2.56. The Balaban J connectivity index is 1.96. The zero-order valence-corrected chi connectivity index (χ0v) is 11.7. The number of fused-ring (bicyclic) bond motifs is 1. The fraction of sp³-hybridized carbons (Fsp3) is 0.125. The molecule has 0 atom stereocenters. The lowest BCUT2D eigenvalue weighted by molar-refractivity contribution is 1.32. The summed E-state index contributed by atoms with van der Waals surface area (Å²) in [6, 6.07) is 8.34. The van der Waals surface area contributed by atoms with Gasteiger partial charge in [-0.15, -0.1) is 11.3 Å². The molecule has 1 aromatic carbocycles. The van der Waals surface area contributed by atoms with Crippen LogP contribution in [0.5, 0.6) is 0 Å². The second-order valence-corrected chi connectivity index (χ2v) is 5.64. The Morgan fingerprint density at radius 3 is 2.74 bits per heavy atom. The van der Waals surface area contributed by atoms with Crippen molar-refractivity contribution in [3.05, 3.63) is 58.4 Å². The molecule has 94 valence electrons. The number of aryl methyl sites for hydroxylation is 2. The van der Waals surface area contributed by atoms with E-state index in [0.717, 1.165) is 16.1 Å². The van der Waals surface area contributed by atoms with Crippen molar-refractivity contribution < 1.29 is 0 Å². The van der Waals surface area contributed by atoms with Gasteiger partial charge in [-0.2, -0.15) is 0 Å². The van der Waals surface area contributed by atoms with E-state index in [0.29, 0.717) is 0 Å². The molecule has 3 heteroatoms. The highest BCUT2D eigenvalue weighted by molar-refractivity contribution is 7.19. The summed E-state index contributed by atoms with van der Waals surface area (Å²) in [5, 5.41) is 1.03. The molecule has 0 amide bonds. The van der Waals surface area contributed by atoms with Crippen molar-refractivity contribution in [2.75, 3.05) is 0 Å². The molecule has 0 bridgehead atoms. The Morgan fingerprint density at radius 2 is 1.95 bits per heavy atom. The molecule has 0 saturated carbocycles. The Bertz CT molecular complexity index is 703. The first-order valence-electron chi connectivity index (χ1n) is 6.18. The van der Waals surface area contributed by atoms with Gasteiger partial charge in [0.1, 0.15) is 5.01 Å². The molecule has 0 spiro atoms. The van der Waals surface area contributed by atoms with E-state index in [9.17, 15) is 0 Å². The number of thiazole rings is 1. The van der Waals surface area contributed by atoms with Crippen LogP contribution in [0.3, 0.4) is 0 Å². The minimum Gasteiger partial charge on any atom is -0.264 e. The molecule has 0 radical (unpaired) electrons. The van der Waals surface area contributed by atoms with E-state index in [4.69, 9.17) is 0 Å². The van der Waals surface area contributed by atoms with Gasteiger partial charge in [0.25, 0.3) is 0 Å². The van der Waals surface area contributed by atoms with E-state index >= 15 is 0 Å². The third-order valence-corrected chi connectivity index (χ3v) is 4.11. The predicted molar refractivity (Wildman–Crippen MR) is 82.3 cm³/mol. The average Bonchev–Trinajstić information content (AvgIpc) is 2.80. The Labute approximate surface area is 116 Å². The molecule has 3 rings (SSSR count). The topological polar surface area (TPSA) is 25.8 Å². The molecular weight excluding hydrogens is 252 g/mol. The minimum absolute atomic E-state index is 1.03. The van der Waals surface area contributed by atoms with Crippen molar-refractivity contribution >= 4 is 33.7 Å². The summed E-state index contributed by atoms with van der Waals surface area (Å²) in [4.78, 5) is 8.74. The van der Waals surface area contributed by atoms with Crippen LogP contribution in [0.15, 0.2) is 36.7 Å². The van der Waals surface area contributed by atoms with Gasteiger partial charge in [0.05, 0.1) is 10.2 Å². The minimum atomic E-state index is 1.03. The molecule has 0 aliphatic heterocycles. The van der Waals surface area contributed by atoms with Gasteiger partial charge in [0, 0.05) is 12.4 Å². The van der Waals surface area contributed by atoms with Crippen LogP contribution in [0.1, 0.15) is 21.7 Å². The molecule has 2 nitrogen and oxygen atoms in total.